The number of ether oxygens (including phenoxy) is 2. The van der Waals surface area contributed by atoms with E-state index >= 15 is 0 Å². The summed E-state index contributed by atoms with van der Waals surface area (Å²) in [5, 5.41) is 13.4. The molecule has 3 aromatic rings. The van der Waals surface area contributed by atoms with Gasteiger partial charge in [0.1, 0.15) is 17.2 Å². The molecule has 2 aliphatic carbocycles. The Balaban J connectivity index is 1.17. The van der Waals surface area contributed by atoms with Crippen molar-refractivity contribution in [1.29, 1.82) is 0 Å². The SMILES string of the molecule is COc1ccc(OC)c(N2CCN(Sc3ccc4c(c3)/C(=N/O)c3cc(S(=O)(=O)C5CCC(C)(C)CC5)ccc3-4)CC2)c1. The van der Waals surface area contributed by atoms with Crippen LogP contribution in [0.15, 0.2) is 69.5 Å². The van der Waals surface area contributed by atoms with E-state index in [2.05, 4.69) is 34.3 Å². The van der Waals surface area contributed by atoms with E-state index < -0.39 is 9.84 Å². The number of benzene rings is 3. The number of anilines is 1. The molecular formula is C33H39N3O5S2. The predicted octanol–water partition coefficient (Wildman–Crippen LogP) is 6.48. The Morgan fingerprint density at radius 3 is 2.19 bits per heavy atom. The second-order valence-electron chi connectivity index (χ2n) is 12.3. The molecule has 1 saturated heterocycles. The molecule has 3 aliphatic rings. The number of methoxy groups -OCH3 is 2. The minimum absolute atomic E-state index is 0.190. The van der Waals surface area contributed by atoms with E-state index in [1.165, 1.54) is 0 Å². The molecule has 43 heavy (non-hydrogen) atoms. The highest BCUT2D eigenvalue weighted by Crippen LogP contribution is 2.43. The molecule has 1 N–H and O–H groups in total. The van der Waals surface area contributed by atoms with Crippen molar-refractivity contribution in [3.8, 4) is 22.6 Å². The first-order chi connectivity index (χ1) is 20.6. The van der Waals surface area contributed by atoms with Crippen molar-refractivity contribution < 1.29 is 23.1 Å². The summed E-state index contributed by atoms with van der Waals surface area (Å²) in [5.41, 5.74) is 4.96. The predicted molar refractivity (Wildman–Crippen MR) is 172 cm³/mol. The van der Waals surface area contributed by atoms with Gasteiger partial charge in [-0.25, -0.2) is 12.7 Å². The molecule has 0 bridgehead atoms. The molecule has 0 unspecified atom stereocenters. The molecule has 0 aromatic heterocycles. The monoisotopic (exact) mass is 621 g/mol. The van der Waals surface area contributed by atoms with E-state index in [4.69, 9.17) is 9.47 Å². The van der Waals surface area contributed by atoms with Gasteiger partial charge in [-0.2, -0.15) is 0 Å². The van der Waals surface area contributed by atoms with Crippen LogP contribution in [0.25, 0.3) is 11.1 Å². The smallest absolute Gasteiger partial charge is 0.181 e. The van der Waals surface area contributed by atoms with Crippen LogP contribution in [0.5, 0.6) is 11.5 Å². The molecule has 1 heterocycles. The average Bonchev–Trinajstić information content (AvgIpc) is 3.33. The van der Waals surface area contributed by atoms with Gasteiger partial charge in [-0.15, -0.1) is 0 Å². The van der Waals surface area contributed by atoms with Gasteiger partial charge >= 0.3 is 0 Å². The Morgan fingerprint density at radius 2 is 1.53 bits per heavy atom. The summed E-state index contributed by atoms with van der Waals surface area (Å²) in [5.74, 6) is 1.63. The largest absolute Gasteiger partial charge is 0.497 e. The maximum atomic E-state index is 13.6. The number of sulfone groups is 1. The number of rotatable bonds is 7. The molecule has 0 spiro atoms. The fourth-order valence-corrected chi connectivity index (χ4v) is 9.21. The number of oxime groups is 1. The van der Waals surface area contributed by atoms with Crippen molar-refractivity contribution in [2.45, 2.75) is 54.6 Å². The summed E-state index contributed by atoms with van der Waals surface area (Å²) in [6, 6.07) is 17.3. The third-order valence-corrected chi connectivity index (χ3v) is 12.5. The molecule has 10 heteroatoms. The van der Waals surface area contributed by atoms with Gasteiger partial charge in [0.2, 0.25) is 0 Å². The first kappa shape index (κ1) is 29.8. The van der Waals surface area contributed by atoms with Crippen molar-refractivity contribution in [3.63, 3.8) is 0 Å². The van der Waals surface area contributed by atoms with Crippen LogP contribution in [0.3, 0.4) is 0 Å². The number of piperazine rings is 1. The van der Waals surface area contributed by atoms with Crippen molar-refractivity contribution in [2.75, 3.05) is 45.3 Å². The van der Waals surface area contributed by atoms with Crippen molar-refractivity contribution in [1.82, 2.24) is 4.31 Å². The lowest BCUT2D eigenvalue weighted by atomic mass is 9.77. The number of nitrogens with zero attached hydrogens (tertiary/aromatic N) is 3. The highest BCUT2D eigenvalue weighted by molar-refractivity contribution is 7.97. The van der Waals surface area contributed by atoms with Gasteiger partial charge in [0.15, 0.2) is 9.84 Å². The molecule has 0 radical (unpaired) electrons. The van der Waals surface area contributed by atoms with Gasteiger partial charge < -0.3 is 19.6 Å². The summed E-state index contributed by atoms with van der Waals surface area (Å²) in [6.45, 7) is 7.79. The molecule has 1 saturated carbocycles. The Labute approximate surface area is 258 Å². The van der Waals surface area contributed by atoms with Crippen LogP contribution >= 0.6 is 11.9 Å². The van der Waals surface area contributed by atoms with Crippen LogP contribution in [0, 0.1) is 5.41 Å². The first-order valence-corrected chi connectivity index (χ1v) is 17.1. The van der Waals surface area contributed by atoms with Crippen molar-refractivity contribution >= 4 is 33.2 Å². The zero-order valence-electron chi connectivity index (χ0n) is 25.2. The van der Waals surface area contributed by atoms with E-state index in [1.54, 1.807) is 38.3 Å². The summed E-state index contributed by atoms with van der Waals surface area (Å²) in [7, 11) is -0.127. The van der Waals surface area contributed by atoms with Crippen molar-refractivity contribution in [2.24, 2.45) is 10.6 Å². The fourth-order valence-electron chi connectivity index (χ4n) is 6.48. The Kier molecular flexibility index (Phi) is 8.12. The molecule has 8 nitrogen and oxygen atoms in total. The summed E-state index contributed by atoms with van der Waals surface area (Å²) in [4.78, 5) is 3.66. The van der Waals surface area contributed by atoms with E-state index in [0.29, 0.717) is 29.0 Å². The lowest BCUT2D eigenvalue weighted by Crippen LogP contribution is -2.43. The van der Waals surface area contributed by atoms with Crippen LogP contribution in [0.2, 0.25) is 0 Å². The Hall–Kier alpha value is -3.21. The summed E-state index contributed by atoms with van der Waals surface area (Å²) >= 11 is 1.68. The van der Waals surface area contributed by atoms with E-state index in [0.717, 1.165) is 77.8 Å². The van der Waals surface area contributed by atoms with Crippen molar-refractivity contribution in [3.05, 3.63) is 65.7 Å². The molecule has 0 atom stereocenters. The molecule has 1 aliphatic heterocycles. The lowest BCUT2D eigenvalue weighted by Gasteiger charge is -2.36. The minimum Gasteiger partial charge on any atom is -0.497 e. The second-order valence-corrected chi connectivity index (χ2v) is 15.7. The van der Waals surface area contributed by atoms with E-state index in [1.807, 2.05) is 36.4 Å². The second kappa shape index (κ2) is 11.7. The van der Waals surface area contributed by atoms with Gasteiger partial charge in [0.25, 0.3) is 0 Å². The zero-order valence-corrected chi connectivity index (χ0v) is 26.8. The molecule has 6 rings (SSSR count). The number of hydrogen-bond donors (Lipinski definition) is 1. The average molecular weight is 622 g/mol. The first-order valence-electron chi connectivity index (χ1n) is 14.8. The molecular weight excluding hydrogens is 583 g/mol. The molecule has 0 amide bonds. The van der Waals surface area contributed by atoms with Crippen LogP contribution < -0.4 is 14.4 Å². The normalized spacial score (nSPS) is 19.7. The standard InChI is InChI=1S/C33H39N3O5S2/c1-33(2)13-11-24(12-14-33)43(38,39)25-7-9-27-26-8-6-23(20-28(26)32(34-37)29(27)21-25)42-36-17-15-35(16-18-36)30-19-22(40-3)5-10-31(30)41-4/h5-10,19-21,24,37H,11-18H2,1-4H3/b34-32-. The topological polar surface area (TPSA) is 91.7 Å². The number of hydrogen-bond acceptors (Lipinski definition) is 9. The van der Waals surface area contributed by atoms with Gasteiger partial charge in [-0.1, -0.05) is 31.1 Å². The quantitative estimate of drug-likeness (QED) is 0.142. The third-order valence-electron chi connectivity index (χ3n) is 9.14. The van der Waals surface area contributed by atoms with E-state index in [-0.39, 0.29) is 10.7 Å². The van der Waals surface area contributed by atoms with Crippen LogP contribution in [-0.2, 0) is 9.84 Å². The van der Waals surface area contributed by atoms with Crippen LogP contribution in [0.4, 0.5) is 5.69 Å². The van der Waals surface area contributed by atoms with Gasteiger partial charge in [0, 0.05) is 48.3 Å². The molecule has 3 aromatic carbocycles. The van der Waals surface area contributed by atoms with Crippen LogP contribution in [-0.4, -0.2) is 69.3 Å². The third kappa shape index (κ3) is 5.72. The highest BCUT2D eigenvalue weighted by Gasteiger charge is 2.36. The van der Waals surface area contributed by atoms with Crippen LogP contribution in [0.1, 0.15) is 50.7 Å². The molecule has 228 valence electrons. The highest BCUT2D eigenvalue weighted by atomic mass is 32.2. The van der Waals surface area contributed by atoms with Gasteiger partial charge in [0.05, 0.1) is 30.1 Å². The summed E-state index contributed by atoms with van der Waals surface area (Å²) in [6.07, 6.45) is 3.16. The van der Waals surface area contributed by atoms with Gasteiger partial charge in [-0.05, 0) is 90.6 Å². The minimum atomic E-state index is -3.48. The maximum Gasteiger partial charge on any atom is 0.181 e. The fraction of sp³-hybridized carbons (Fsp3) is 0.424. The zero-order chi connectivity index (χ0) is 30.4. The lowest BCUT2D eigenvalue weighted by molar-refractivity contribution is 0.246. The summed E-state index contributed by atoms with van der Waals surface area (Å²) < 4.78 is 40.5. The molecule has 2 fully saturated rings. The Bertz CT molecular complexity index is 1650. The Morgan fingerprint density at radius 1 is 0.860 bits per heavy atom. The number of fused-ring (bicyclic) bond motifs is 3. The van der Waals surface area contributed by atoms with Gasteiger partial charge in [-0.3, -0.25) is 0 Å². The van der Waals surface area contributed by atoms with E-state index in [9.17, 15) is 13.6 Å². The maximum absolute atomic E-state index is 13.6.